The van der Waals surface area contributed by atoms with Crippen molar-refractivity contribution in [3.05, 3.63) is 35.1 Å². The molecule has 1 nitrogen and oxygen atoms in total. The van der Waals surface area contributed by atoms with Crippen LogP contribution in [0.3, 0.4) is 0 Å². The summed E-state index contributed by atoms with van der Waals surface area (Å²) in [6.45, 7) is 0. The lowest BCUT2D eigenvalue weighted by atomic mass is 9.77. The predicted molar refractivity (Wildman–Crippen MR) is 55.3 cm³/mol. The molecule has 0 amide bonds. The van der Waals surface area contributed by atoms with Crippen molar-refractivity contribution in [3.63, 3.8) is 0 Å². The Morgan fingerprint density at radius 2 is 1.56 bits per heavy atom. The summed E-state index contributed by atoms with van der Waals surface area (Å²) in [6, 6.07) is 2.20. The number of halogens is 3. The van der Waals surface area contributed by atoms with Crippen LogP contribution in [-0.4, -0.2) is 0 Å². The number of hydrogen-bond donors (Lipinski definition) is 1. The van der Waals surface area contributed by atoms with E-state index in [9.17, 15) is 13.2 Å². The van der Waals surface area contributed by atoms with Crippen LogP contribution in [0.15, 0.2) is 12.1 Å². The van der Waals surface area contributed by atoms with Crippen LogP contribution < -0.4 is 5.73 Å². The molecular formula is C12H14F3N. The smallest absolute Gasteiger partial charge is 0.194 e. The largest absolute Gasteiger partial charge is 0.321 e. The van der Waals surface area contributed by atoms with Gasteiger partial charge in [0, 0.05) is 11.1 Å². The maximum Gasteiger partial charge on any atom is 0.194 e. The standard InChI is InChI=1S/C12H14F3N/c13-9-5-4-8(10(14)11(9)15)12(16)6-2-1-3-7-12/h4-5H,1-3,6-7,16H2. The number of benzene rings is 1. The van der Waals surface area contributed by atoms with Crippen LogP contribution in [0.4, 0.5) is 13.2 Å². The van der Waals surface area contributed by atoms with Gasteiger partial charge in [-0.3, -0.25) is 0 Å². The van der Waals surface area contributed by atoms with Crippen LogP contribution in [0.25, 0.3) is 0 Å². The summed E-state index contributed by atoms with van der Waals surface area (Å²) in [7, 11) is 0. The SMILES string of the molecule is NC1(c2ccc(F)c(F)c2F)CCCCC1. The second kappa shape index (κ2) is 4.09. The van der Waals surface area contributed by atoms with E-state index in [2.05, 4.69) is 0 Å². The molecule has 0 heterocycles. The van der Waals surface area contributed by atoms with Gasteiger partial charge in [0.15, 0.2) is 17.5 Å². The Balaban J connectivity index is 2.43. The average molecular weight is 229 g/mol. The van der Waals surface area contributed by atoms with E-state index in [1.807, 2.05) is 0 Å². The first-order chi connectivity index (χ1) is 7.54. The fourth-order valence-electron chi connectivity index (χ4n) is 2.36. The van der Waals surface area contributed by atoms with E-state index in [4.69, 9.17) is 5.73 Å². The molecule has 0 radical (unpaired) electrons. The molecule has 0 atom stereocenters. The molecule has 16 heavy (non-hydrogen) atoms. The topological polar surface area (TPSA) is 26.0 Å². The van der Waals surface area contributed by atoms with Crippen LogP contribution in [0, 0.1) is 17.5 Å². The van der Waals surface area contributed by atoms with E-state index in [0.717, 1.165) is 25.3 Å². The molecule has 1 aromatic rings. The van der Waals surface area contributed by atoms with Crippen LogP contribution in [0.2, 0.25) is 0 Å². The Bertz CT molecular complexity index is 397. The molecule has 0 bridgehead atoms. The summed E-state index contributed by atoms with van der Waals surface area (Å²) in [5.41, 5.74) is 5.34. The van der Waals surface area contributed by atoms with Gasteiger partial charge >= 0.3 is 0 Å². The zero-order valence-electron chi connectivity index (χ0n) is 8.90. The zero-order chi connectivity index (χ0) is 11.8. The summed E-state index contributed by atoms with van der Waals surface area (Å²) in [4.78, 5) is 0. The van der Waals surface area contributed by atoms with Crippen molar-refractivity contribution in [2.24, 2.45) is 5.73 Å². The molecule has 88 valence electrons. The fourth-order valence-corrected chi connectivity index (χ4v) is 2.36. The van der Waals surface area contributed by atoms with Crippen molar-refractivity contribution in [1.29, 1.82) is 0 Å². The highest BCUT2D eigenvalue weighted by Gasteiger charge is 2.33. The third kappa shape index (κ3) is 1.82. The van der Waals surface area contributed by atoms with E-state index in [1.54, 1.807) is 0 Å². The van der Waals surface area contributed by atoms with Gasteiger partial charge in [-0.1, -0.05) is 25.3 Å². The summed E-state index contributed by atoms with van der Waals surface area (Å²) in [5.74, 6) is -3.72. The number of hydrogen-bond acceptors (Lipinski definition) is 1. The van der Waals surface area contributed by atoms with Gasteiger partial charge in [0.1, 0.15) is 0 Å². The molecule has 0 saturated heterocycles. The molecule has 0 aromatic heterocycles. The molecule has 4 heteroatoms. The van der Waals surface area contributed by atoms with E-state index in [1.165, 1.54) is 6.07 Å². The Kier molecular flexibility index (Phi) is 2.93. The molecule has 1 aliphatic carbocycles. The predicted octanol–water partition coefficient (Wildman–Crippen LogP) is 3.22. The highest BCUT2D eigenvalue weighted by Crippen LogP contribution is 2.36. The summed E-state index contributed by atoms with van der Waals surface area (Å²) >= 11 is 0. The Morgan fingerprint density at radius 1 is 0.938 bits per heavy atom. The first-order valence-electron chi connectivity index (χ1n) is 5.47. The molecule has 0 aliphatic heterocycles. The average Bonchev–Trinajstić information content (AvgIpc) is 2.27. The lowest BCUT2D eigenvalue weighted by Crippen LogP contribution is -2.39. The van der Waals surface area contributed by atoms with Crippen molar-refractivity contribution < 1.29 is 13.2 Å². The second-order valence-corrected chi connectivity index (χ2v) is 4.44. The minimum Gasteiger partial charge on any atom is -0.321 e. The quantitative estimate of drug-likeness (QED) is 0.735. The van der Waals surface area contributed by atoms with Gasteiger partial charge in [-0.05, 0) is 18.9 Å². The van der Waals surface area contributed by atoms with Crippen molar-refractivity contribution in [2.75, 3.05) is 0 Å². The monoisotopic (exact) mass is 229 g/mol. The minimum atomic E-state index is -1.42. The molecule has 0 spiro atoms. The minimum absolute atomic E-state index is 0.103. The zero-order valence-corrected chi connectivity index (χ0v) is 8.90. The molecule has 2 rings (SSSR count). The van der Waals surface area contributed by atoms with Crippen molar-refractivity contribution in [2.45, 2.75) is 37.6 Å². The molecule has 0 unspecified atom stereocenters. The fraction of sp³-hybridized carbons (Fsp3) is 0.500. The first-order valence-corrected chi connectivity index (χ1v) is 5.47. The molecule has 2 N–H and O–H groups in total. The Morgan fingerprint density at radius 3 is 2.19 bits per heavy atom. The lowest BCUT2D eigenvalue weighted by Gasteiger charge is -2.34. The first kappa shape index (κ1) is 11.5. The van der Waals surface area contributed by atoms with Gasteiger partial charge in [0.2, 0.25) is 0 Å². The summed E-state index contributed by atoms with van der Waals surface area (Å²) in [6.07, 6.45) is 4.10. The van der Waals surface area contributed by atoms with Gasteiger partial charge in [-0.25, -0.2) is 13.2 Å². The van der Waals surface area contributed by atoms with Gasteiger partial charge < -0.3 is 5.73 Å². The summed E-state index contributed by atoms with van der Waals surface area (Å²) in [5, 5.41) is 0. The maximum absolute atomic E-state index is 13.6. The normalized spacial score (nSPS) is 19.8. The molecule has 1 aliphatic rings. The molecule has 1 saturated carbocycles. The van der Waals surface area contributed by atoms with Crippen LogP contribution in [-0.2, 0) is 5.54 Å². The van der Waals surface area contributed by atoms with E-state index < -0.39 is 23.0 Å². The van der Waals surface area contributed by atoms with Crippen LogP contribution in [0.5, 0.6) is 0 Å². The van der Waals surface area contributed by atoms with Gasteiger partial charge in [0.05, 0.1) is 0 Å². The number of rotatable bonds is 1. The maximum atomic E-state index is 13.6. The number of nitrogens with two attached hydrogens (primary N) is 1. The molecular weight excluding hydrogens is 215 g/mol. The van der Waals surface area contributed by atoms with Crippen molar-refractivity contribution in [3.8, 4) is 0 Å². The van der Waals surface area contributed by atoms with E-state index in [-0.39, 0.29) is 5.56 Å². The Labute approximate surface area is 92.5 Å². The molecule has 1 fully saturated rings. The Hall–Kier alpha value is -1.03. The van der Waals surface area contributed by atoms with Crippen molar-refractivity contribution in [1.82, 2.24) is 0 Å². The second-order valence-electron chi connectivity index (χ2n) is 4.44. The van der Waals surface area contributed by atoms with Gasteiger partial charge in [-0.2, -0.15) is 0 Å². The van der Waals surface area contributed by atoms with Gasteiger partial charge in [0.25, 0.3) is 0 Å². The third-order valence-electron chi connectivity index (χ3n) is 3.32. The van der Waals surface area contributed by atoms with Gasteiger partial charge in [-0.15, -0.1) is 0 Å². The van der Waals surface area contributed by atoms with Crippen LogP contribution in [0.1, 0.15) is 37.7 Å². The third-order valence-corrected chi connectivity index (χ3v) is 3.32. The van der Waals surface area contributed by atoms with E-state index >= 15 is 0 Å². The highest BCUT2D eigenvalue weighted by molar-refractivity contribution is 5.28. The lowest BCUT2D eigenvalue weighted by molar-refractivity contribution is 0.287. The van der Waals surface area contributed by atoms with Crippen molar-refractivity contribution >= 4 is 0 Å². The molecule has 1 aromatic carbocycles. The van der Waals surface area contributed by atoms with E-state index in [0.29, 0.717) is 12.8 Å². The van der Waals surface area contributed by atoms with Crippen LogP contribution >= 0.6 is 0 Å². The summed E-state index contributed by atoms with van der Waals surface area (Å²) < 4.78 is 39.5. The highest BCUT2D eigenvalue weighted by atomic mass is 19.2.